The molecule has 0 aliphatic carbocycles. The molecule has 1 heterocycles. The molecule has 1 aliphatic rings. The van der Waals surface area contributed by atoms with E-state index in [9.17, 15) is 13.9 Å². The van der Waals surface area contributed by atoms with Crippen LogP contribution in [-0.4, -0.2) is 43.9 Å². The Hall–Kier alpha value is -1.04. The van der Waals surface area contributed by atoms with Crippen LogP contribution in [-0.2, 0) is 4.74 Å². The van der Waals surface area contributed by atoms with E-state index < -0.39 is 17.0 Å². The lowest BCUT2D eigenvalue weighted by Gasteiger charge is -2.48. The summed E-state index contributed by atoms with van der Waals surface area (Å²) in [4.78, 5) is 1.89. The van der Waals surface area contributed by atoms with E-state index in [4.69, 9.17) is 4.74 Å². The van der Waals surface area contributed by atoms with Gasteiger partial charge in [0, 0.05) is 6.04 Å². The number of aliphatic hydroxyl groups excluding tert-OH is 1. The second-order valence-corrected chi connectivity index (χ2v) is 5.05. The largest absolute Gasteiger partial charge is 0.396 e. The lowest BCUT2D eigenvalue weighted by atomic mass is 9.75. The van der Waals surface area contributed by atoms with Crippen molar-refractivity contribution < 1.29 is 18.6 Å². The highest BCUT2D eigenvalue weighted by Crippen LogP contribution is 2.43. The van der Waals surface area contributed by atoms with Crippen molar-refractivity contribution in [2.75, 3.05) is 33.9 Å². The van der Waals surface area contributed by atoms with E-state index in [1.807, 2.05) is 19.0 Å². The Morgan fingerprint density at radius 1 is 1.33 bits per heavy atom. The van der Waals surface area contributed by atoms with Gasteiger partial charge in [-0.05, 0) is 31.8 Å². The molecule has 3 nitrogen and oxygen atoms in total. The maximum Gasteiger partial charge on any atom is 0.159 e. The Balaban J connectivity index is 2.38. The van der Waals surface area contributed by atoms with E-state index in [0.29, 0.717) is 18.8 Å². The fourth-order valence-electron chi connectivity index (χ4n) is 2.58. The SMILES string of the molecule is CN(C)C(c1ccc(F)c(F)c1)C1(CO)COC1. The second kappa shape index (κ2) is 4.91. The third-order valence-electron chi connectivity index (χ3n) is 3.45. The molecule has 0 spiro atoms. The van der Waals surface area contributed by atoms with Crippen LogP contribution in [0, 0.1) is 17.0 Å². The molecular formula is C13H17F2NO2. The van der Waals surface area contributed by atoms with Crippen LogP contribution >= 0.6 is 0 Å². The zero-order valence-electron chi connectivity index (χ0n) is 10.5. The number of hydrogen-bond donors (Lipinski definition) is 1. The van der Waals surface area contributed by atoms with Crippen molar-refractivity contribution in [3.63, 3.8) is 0 Å². The lowest BCUT2D eigenvalue weighted by Crippen LogP contribution is -2.53. The summed E-state index contributed by atoms with van der Waals surface area (Å²) in [5.41, 5.74) is 0.213. The first kappa shape index (κ1) is 13.4. The van der Waals surface area contributed by atoms with Gasteiger partial charge in [0.05, 0.1) is 25.2 Å². The molecule has 1 unspecified atom stereocenters. The van der Waals surface area contributed by atoms with Gasteiger partial charge < -0.3 is 14.7 Å². The predicted octanol–water partition coefficient (Wildman–Crippen LogP) is 1.58. The van der Waals surface area contributed by atoms with Crippen LogP contribution in [0.15, 0.2) is 18.2 Å². The smallest absolute Gasteiger partial charge is 0.159 e. The van der Waals surface area contributed by atoms with Crippen molar-refractivity contribution in [2.24, 2.45) is 5.41 Å². The molecule has 0 radical (unpaired) electrons. The van der Waals surface area contributed by atoms with Crippen molar-refractivity contribution in [2.45, 2.75) is 6.04 Å². The quantitative estimate of drug-likeness (QED) is 0.889. The van der Waals surface area contributed by atoms with E-state index in [-0.39, 0.29) is 12.6 Å². The normalized spacial score (nSPS) is 19.7. The Morgan fingerprint density at radius 3 is 2.39 bits per heavy atom. The highest BCUT2D eigenvalue weighted by molar-refractivity contribution is 5.24. The summed E-state index contributed by atoms with van der Waals surface area (Å²) in [5.74, 6) is -1.73. The van der Waals surface area contributed by atoms with E-state index in [1.165, 1.54) is 6.07 Å². The number of ether oxygens (including phenoxy) is 1. The molecule has 0 aromatic heterocycles. The molecule has 2 rings (SSSR count). The maximum atomic E-state index is 13.3. The van der Waals surface area contributed by atoms with Crippen LogP contribution in [0.2, 0.25) is 0 Å². The second-order valence-electron chi connectivity index (χ2n) is 5.05. The Bertz CT molecular complexity index is 427. The summed E-state index contributed by atoms with van der Waals surface area (Å²) < 4.78 is 31.5. The van der Waals surface area contributed by atoms with E-state index in [1.54, 1.807) is 6.07 Å². The molecule has 5 heteroatoms. The summed E-state index contributed by atoms with van der Waals surface area (Å²) in [6.07, 6.45) is 0. The van der Waals surface area contributed by atoms with Gasteiger partial charge in [-0.1, -0.05) is 6.07 Å². The van der Waals surface area contributed by atoms with Crippen LogP contribution in [0.25, 0.3) is 0 Å². The Kier molecular flexibility index (Phi) is 3.66. The summed E-state index contributed by atoms with van der Waals surface area (Å²) in [7, 11) is 3.70. The third-order valence-corrected chi connectivity index (χ3v) is 3.45. The fourth-order valence-corrected chi connectivity index (χ4v) is 2.58. The summed E-state index contributed by atoms with van der Waals surface area (Å²) in [5, 5.41) is 9.57. The molecule has 0 bridgehead atoms. The van der Waals surface area contributed by atoms with Gasteiger partial charge in [-0.3, -0.25) is 0 Å². The average molecular weight is 257 g/mol. The minimum absolute atomic E-state index is 0.0468. The van der Waals surface area contributed by atoms with Crippen molar-refractivity contribution >= 4 is 0 Å². The highest BCUT2D eigenvalue weighted by atomic mass is 19.2. The monoisotopic (exact) mass is 257 g/mol. The van der Waals surface area contributed by atoms with Crippen molar-refractivity contribution in [3.8, 4) is 0 Å². The molecule has 1 aliphatic heterocycles. The van der Waals surface area contributed by atoms with Crippen LogP contribution < -0.4 is 0 Å². The summed E-state index contributed by atoms with van der Waals surface area (Å²) in [6.45, 7) is 0.797. The van der Waals surface area contributed by atoms with Gasteiger partial charge in [-0.15, -0.1) is 0 Å². The molecule has 1 saturated heterocycles. The zero-order valence-corrected chi connectivity index (χ0v) is 10.5. The molecule has 0 amide bonds. The molecule has 1 aromatic rings. The van der Waals surface area contributed by atoms with Gasteiger partial charge in [0.2, 0.25) is 0 Å². The number of benzene rings is 1. The summed E-state index contributed by atoms with van der Waals surface area (Å²) >= 11 is 0. The Morgan fingerprint density at radius 2 is 2.00 bits per heavy atom. The van der Waals surface area contributed by atoms with Crippen molar-refractivity contribution in [3.05, 3.63) is 35.4 Å². The first-order valence-electron chi connectivity index (χ1n) is 5.80. The van der Waals surface area contributed by atoms with Gasteiger partial charge >= 0.3 is 0 Å². The molecule has 0 saturated carbocycles. The molecular weight excluding hydrogens is 240 g/mol. The maximum absolute atomic E-state index is 13.3. The minimum atomic E-state index is -0.868. The standard InChI is InChI=1S/C13H17F2NO2/c1-16(2)12(13(6-17)7-18-8-13)9-3-4-10(14)11(15)5-9/h3-5,12,17H,6-8H2,1-2H3. The zero-order chi connectivity index (χ0) is 13.3. The van der Waals surface area contributed by atoms with Crippen LogP contribution in [0.5, 0.6) is 0 Å². The van der Waals surface area contributed by atoms with Crippen LogP contribution in [0.4, 0.5) is 8.78 Å². The summed E-state index contributed by atoms with van der Waals surface area (Å²) in [6, 6.07) is 3.66. The number of aliphatic hydroxyl groups is 1. The minimum Gasteiger partial charge on any atom is -0.396 e. The number of hydrogen-bond acceptors (Lipinski definition) is 3. The topological polar surface area (TPSA) is 32.7 Å². The predicted molar refractivity (Wildman–Crippen MR) is 63.1 cm³/mol. The lowest BCUT2D eigenvalue weighted by molar-refractivity contribution is -0.172. The molecule has 1 N–H and O–H groups in total. The third kappa shape index (κ3) is 2.13. The van der Waals surface area contributed by atoms with Crippen LogP contribution in [0.3, 0.4) is 0 Å². The van der Waals surface area contributed by atoms with Gasteiger partial charge in [-0.2, -0.15) is 0 Å². The highest BCUT2D eigenvalue weighted by Gasteiger charge is 2.47. The fraction of sp³-hybridized carbons (Fsp3) is 0.538. The van der Waals surface area contributed by atoms with Crippen molar-refractivity contribution in [1.82, 2.24) is 4.90 Å². The average Bonchev–Trinajstić information content (AvgIpc) is 2.27. The number of rotatable bonds is 4. The molecule has 1 aromatic carbocycles. The van der Waals surface area contributed by atoms with Gasteiger partial charge in [0.25, 0.3) is 0 Å². The van der Waals surface area contributed by atoms with E-state index in [2.05, 4.69) is 0 Å². The molecule has 1 atom stereocenters. The van der Waals surface area contributed by atoms with Gasteiger partial charge in [0.1, 0.15) is 0 Å². The van der Waals surface area contributed by atoms with Gasteiger partial charge in [0.15, 0.2) is 11.6 Å². The van der Waals surface area contributed by atoms with E-state index in [0.717, 1.165) is 6.07 Å². The molecule has 1 fully saturated rings. The molecule has 18 heavy (non-hydrogen) atoms. The molecule has 100 valence electrons. The number of halogens is 2. The Labute approximate surface area is 105 Å². The van der Waals surface area contributed by atoms with Crippen molar-refractivity contribution in [1.29, 1.82) is 0 Å². The van der Waals surface area contributed by atoms with Crippen LogP contribution in [0.1, 0.15) is 11.6 Å². The van der Waals surface area contributed by atoms with Gasteiger partial charge in [-0.25, -0.2) is 8.78 Å². The first-order valence-corrected chi connectivity index (χ1v) is 5.80. The number of nitrogens with zero attached hydrogens (tertiary/aromatic N) is 1. The van der Waals surface area contributed by atoms with E-state index >= 15 is 0 Å². The first-order chi connectivity index (χ1) is 8.50.